The minimum Gasteiger partial charge on any atom is -0.394 e. The van der Waals surface area contributed by atoms with E-state index >= 15 is 0 Å². The first-order valence-corrected chi connectivity index (χ1v) is 4.64. The first kappa shape index (κ1) is 10.9. The molecule has 1 unspecified atom stereocenters. The molecule has 0 aliphatic carbocycles. The Morgan fingerprint density at radius 1 is 1.50 bits per heavy atom. The van der Waals surface area contributed by atoms with Crippen LogP contribution in [0.5, 0.6) is 0 Å². The normalized spacial score (nSPS) is 21.1. The number of aliphatic hydroxyl groups is 1. The van der Waals surface area contributed by atoms with Gasteiger partial charge in [0.05, 0.1) is 12.1 Å². The van der Waals surface area contributed by atoms with E-state index in [4.69, 9.17) is 0 Å². The molecule has 14 heavy (non-hydrogen) atoms. The van der Waals surface area contributed by atoms with Crippen LogP contribution in [-0.4, -0.2) is 34.0 Å². The van der Waals surface area contributed by atoms with Crippen LogP contribution in [0, 0.1) is 0 Å². The van der Waals surface area contributed by atoms with Crippen LogP contribution in [-0.2, 0) is 9.59 Å². The fourth-order valence-corrected chi connectivity index (χ4v) is 1.44. The van der Waals surface area contributed by atoms with E-state index in [9.17, 15) is 14.7 Å². The van der Waals surface area contributed by atoms with Gasteiger partial charge in [0.2, 0.25) is 0 Å². The first-order valence-electron chi connectivity index (χ1n) is 4.64. The van der Waals surface area contributed by atoms with Gasteiger partial charge in [-0.05, 0) is 20.3 Å². The smallest absolute Gasteiger partial charge is 0.257 e. The van der Waals surface area contributed by atoms with E-state index in [1.54, 1.807) is 13.8 Å². The fraction of sp³-hybridized carbons (Fsp3) is 0.600. The number of rotatable bonds is 3. The van der Waals surface area contributed by atoms with Gasteiger partial charge in [0.1, 0.15) is 0 Å². The molecule has 1 heterocycles. The molecule has 2 amide bonds. The van der Waals surface area contributed by atoms with Crippen molar-refractivity contribution in [1.29, 1.82) is 0 Å². The summed E-state index contributed by atoms with van der Waals surface area (Å²) < 4.78 is 0. The molecule has 0 aromatic heterocycles. The van der Waals surface area contributed by atoms with Crippen molar-refractivity contribution in [2.45, 2.75) is 32.7 Å². The van der Waals surface area contributed by atoms with Gasteiger partial charge < -0.3 is 5.11 Å². The molecule has 0 spiro atoms. The highest BCUT2D eigenvalue weighted by Gasteiger charge is 2.41. The minimum absolute atomic E-state index is 0.206. The number of amides is 2. The molecule has 0 aromatic rings. The van der Waals surface area contributed by atoms with Gasteiger partial charge in [-0.1, -0.05) is 6.92 Å². The van der Waals surface area contributed by atoms with Gasteiger partial charge in [-0.2, -0.15) is 0 Å². The van der Waals surface area contributed by atoms with Gasteiger partial charge in [-0.3, -0.25) is 14.5 Å². The maximum Gasteiger partial charge on any atom is 0.257 e. The zero-order valence-electron chi connectivity index (χ0n) is 8.70. The molecule has 0 bridgehead atoms. The van der Waals surface area contributed by atoms with Gasteiger partial charge in [-0.25, -0.2) is 0 Å². The van der Waals surface area contributed by atoms with Crippen molar-refractivity contribution < 1.29 is 14.7 Å². The topological polar surface area (TPSA) is 57.6 Å². The van der Waals surface area contributed by atoms with Crippen LogP contribution >= 0.6 is 0 Å². The van der Waals surface area contributed by atoms with Crippen LogP contribution in [0.4, 0.5) is 0 Å². The van der Waals surface area contributed by atoms with E-state index in [-0.39, 0.29) is 18.4 Å². The highest BCUT2D eigenvalue weighted by Crippen LogP contribution is 2.25. The second-order valence-corrected chi connectivity index (χ2v) is 3.81. The molecular formula is C10H15NO3. The Morgan fingerprint density at radius 2 is 2.07 bits per heavy atom. The Hall–Kier alpha value is -1.16. The molecule has 1 N–H and O–H groups in total. The summed E-state index contributed by atoms with van der Waals surface area (Å²) in [5, 5.41) is 9.20. The standard InChI is InChI=1S/C10H15NO3/c1-4-10(3,6-12)11-8(13)5-7(2)9(11)14/h5,12H,4,6H2,1-3H3. The lowest BCUT2D eigenvalue weighted by molar-refractivity contribution is -0.145. The van der Waals surface area contributed by atoms with Gasteiger partial charge in [0, 0.05) is 11.6 Å². The molecule has 1 atom stereocenters. The molecule has 78 valence electrons. The Bertz CT molecular complexity index is 302. The molecule has 0 saturated heterocycles. The monoisotopic (exact) mass is 197 g/mol. The zero-order valence-corrected chi connectivity index (χ0v) is 8.70. The van der Waals surface area contributed by atoms with Gasteiger partial charge in [0.25, 0.3) is 11.8 Å². The van der Waals surface area contributed by atoms with E-state index in [0.29, 0.717) is 12.0 Å². The van der Waals surface area contributed by atoms with Crippen molar-refractivity contribution in [2.75, 3.05) is 6.61 Å². The van der Waals surface area contributed by atoms with Crippen molar-refractivity contribution in [3.05, 3.63) is 11.6 Å². The number of hydrogen-bond donors (Lipinski definition) is 1. The number of carbonyl (C=O) groups excluding carboxylic acids is 2. The summed E-state index contributed by atoms with van der Waals surface area (Å²) in [7, 11) is 0. The molecule has 1 aliphatic heterocycles. The second-order valence-electron chi connectivity index (χ2n) is 3.81. The predicted octanol–water partition coefficient (Wildman–Crippen LogP) is 0.463. The zero-order chi connectivity index (χ0) is 10.9. The van der Waals surface area contributed by atoms with Crippen molar-refractivity contribution >= 4 is 11.8 Å². The van der Waals surface area contributed by atoms with Gasteiger partial charge >= 0.3 is 0 Å². The van der Waals surface area contributed by atoms with Crippen molar-refractivity contribution in [3.8, 4) is 0 Å². The molecule has 1 aliphatic rings. The van der Waals surface area contributed by atoms with Gasteiger partial charge in [-0.15, -0.1) is 0 Å². The highest BCUT2D eigenvalue weighted by molar-refractivity contribution is 6.16. The Balaban J connectivity index is 3.01. The molecule has 4 nitrogen and oxygen atoms in total. The second kappa shape index (κ2) is 3.53. The van der Waals surface area contributed by atoms with E-state index in [1.165, 1.54) is 6.08 Å². The van der Waals surface area contributed by atoms with E-state index in [2.05, 4.69) is 0 Å². The molecule has 4 heteroatoms. The summed E-state index contributed by atoms with van der Waals surface area (Å²) in [6, 6.07) is 0. The molecule has 1 rings (SSSR count). The Kier molecular flexibility index (Phi) is 2.76. The van der Waals surface area contributed by atoms with E-state index in [0.717, 1.165) is 4.90 Å². The van der Waals surface area contributed by atoms with Crippen LogP contribution in [0.2, 0.25) is 0 Å². The predicted molar refractivity (Wildman–Crippen MR) is 51.4 cm³/mol. The third kappa shape index (κ3) is 1.46. The third-order valence-corrected chi connectivity index (χ3v) is 2.74. The number of aliphatic hydroxyl groups excluding tert-OH is 1. The van der Waals surface area contributed by atoms with E-state index in [1.807, 2.05) is 6.92 Å². The van der Waals surface area contributed by atoms with Crippen molar-refractivity contribution in [3.63, 3.8) is 0 Å². The number of carbonyl (C=O) groups is 2. The average Bonchev–Trinajstić information content (AvgIpc) is 2.41. The Labute approximate surface area is 83.2 Å². The summed E-state index contributed by atoms with van der Waals surface area (Å²) in [6.07, 6.45) is 1.86. The Morgan fingerprint density at radius 3 is 2.36 bits per heavy atom. The van der Waals surface area contributed by atoms with Crippen LogP contribution < -0.4 is 0 Å². The lowest BCUT2D eigenvalue weighted by Crippen LogP contribution is -2.52. The first-order chi connectivity index (χ1) is 6.46. The van der Waals surface area contributed by atoms with Crippen LogP contribution in [0.1, 0.15) is 27.2 Å². The average molecular weight is 197 g/mol. The number of imide groups is 1. The summed E-state index contributed by atoms with van der Waals surface area (Å²) >= 11 is 0. The fourth-order valence-electron chi connectivity index (χ4n) is 1.44. The lowest BCUT2D eigenvalue weighted by atomic mass is 9.97. The highest BCUT2D eigenvalue weighted by atomic mass is 16.3. The molecule has 0 fully saturated rings. The maximum absolute atomic E-state index is 11.6. The quantitative estimate of drug-likeness (QED) is 0.669. The maximum atomic E-state index is 11.6. The van der Waals surface area contributed by atoms with Crippen LogP contribution in [0.3, 0.4) is 0 Å². The number of nitrogens with zero attached hydrogens (tertiary/aromatic N) is 1. The molecule has 0 saturated carbocycles. The number of hydrogen-bond acceptors (Lipinski definition) is 3. The summed E-state index contributed by atoms with van der Waals surface area (Å²) in [5.41, 5.74) is -0.342. The summed E-state index contributed by atoms with van der Waals surface area (Å²) in [4.78, 5) is 24.2. The molecule has 0 aromatic carbocycles. The van der Waals surface area contributed by atoms with E-state index < -0.39 is 5.54 Å². The largest absolute Gasteiger partial charge is 0.394 e. The third-order valence-electron chi connectivity index (χ3n) is 2.74. The SMILES string of the molecule is CCC(C)(CO)N1C(=O)C=C(C)C1=O. The van der Waals surface area contributed by atoms with Crippen LogP contribution in [0.15, 0.2) is 11.6 Å². The molecule has 0 radical (unpaired) electrons. The van der Waals surface area contributed by atoms with Crippen molar-refractivity contribution in [2.24, 2.45) is 0 Å². The summed E-state index contributed by atoms with van der Waals surface area (Å²) in [6.45, 7) is 4.94. The molecular weight excluding hydrogens is 182 g/mol. The lowest BCUT2D eigenvalue weighted by Gasteiger charge is -2.34. The van der Waals surface area contributed by atoms with Gasteiger partial charge in [0.15, 0.2) is 0 Å². The van der Waals surface area contributed by atoms with Crippen LogP contribution in [0.25, 0.3) is 0 Å². The van der Waals surface area contributed by atoms with Crippen molar-refractivity contribution in [1.82, 2.24) is 4.90 Å². The minimum atomic E-state index is -0.775. The summed E-state index contributed by atoms with van der Waals surface area (Å²) in [5.74, 6) is -0.626.